The van der Waals surface area contributed by atoms with E-state index in [1.54, 1.807) is 26.0 Å². The molecule has 1 saturated heterocycles. The second-order valence-electron chi connectivity index (χ2n) is 16.7. The van der Waals surface area contributed by atoms with Gasteiger partial charge < -0.3 is 29.7 Å². The Bertz CT molecular complexity index is 2080. The molecule has 7 atom stereocenters. The predicted octanol–water partition coefficient (Wildman–Crippen LogP) is 5.15. The molecule has 1 aromatic heterocycles. The van der Waals surface area contributed by atoms with Crippen LogP contribution in [-0.2, 0) is 29.1 Å². The SMILES string of the molecule is CCOc1cc2ccnc(OC3CC4C(=O)NC5(C(=O)NS(=O)(=O)C6CC6)CC5C=CCCC(C)CC(C)C(NC(=O)OC(C)(C)C(C)(F)F)C(=O)N4C3)c2cc1F. The molecular formula is C40H52F3N5O9S. The van der Waals surface area contributed by atoms with Gasteiger partial charge in [-0.15, -0.1) is 0 Å². The van der Waals surface area contributed by atoms with Crippen LogP contribution in [-0.4, -0.2) is 95.8 Å². The predicted molar refractivity (Wildman–Crippen MR) is 206 cm³/mol. The number of benzene rings is 1. The summed E-state index contributed by atoms with van der Waals surface area (Å²) < 4.78 is 88.6. The highest BCUT2D eigenvalue weighted by atomic mass is 32.2. The van der Waals surface area contributed by atoms with Crippen LogP contribution in [0.1, 0.15) is 86.5 Å². The van der Waals surface area contributed by atoms with Crippen molar-refractivity contribution in [1.29, 1.82) is 0 Å². The Morgan fingerprint density at radius 2 is 1.83 bits per heavy atom. The second kappa shape index (κ2) is 16.2. The molecule has 3 heterocycles. The van der Waals surface area contributed by atoms with Gasteiger partial charge in [0.2, 0.25) is 27.7 Å². The Balaban J connectivity index is 1.35. The molecule has 3 fully saturated rings. The van der Waals surface area contributed by atoms with E-state index in [1.165, 1.54) is 23.2 Å². The lowest BCUT2D eigenvalue weighted by atomic mass is 9.88. The van der Waals surface area contributed by atoms with Gasteiger partial charge in [-0.1, -0.05) is 26.0 Å². The first-order valence-corrected chi connectivity index (χ1v) is 21.3. The van der Waals surface area contributed by atoms with Gasteiger partial charge in [-0.05, 0) is 94.7 Å². The number of rotatable bonds is 10. The molecular weight excluding hydrogens is 784 g/mol. The van der Waals surface area contributed by atoms with E-state index < -0.39 is 92.0 Å². The highest BCUT2D eigenvalue weighted by molar-refractivity contribution is 7.91. The van der Waals surface area contributed by atoms with Crippen LogP contribution < -0.4 is 24.8 Å². The van der Waals surface area contributed by atoms with E-state index in [1.807, 2.05) is 13.0 Å². The highest BCUT2D eigenvalue weighted by Crippen LogP contribution is 2.46. The first kappa shape index (κ1) is 43.0. The second-order valence-corrected chi connectivity index (χ2v) is 18.7. The number of pyridine rings is 1. The third-order valence-electron chi connectivity index (χ3n) is 11.7. The average Bonchev–Trinajstić information content (AvgIpc) is 4.05. The Labute approximate surface area is 336 Å². The third kappa shape index (κ3) is 9.15. The molecule has 4 aliphatic rings. The van der Waals surface area contributed by atoms with E-state index in [9.17, 15) is 36.4 Å². The third-order valence-corrected chi connectivity index (χ3v) is 13.5. The number of hydrogen-bond acceptors (Lipinski definition) is 10. The van der Waals surface area contributed by atoms with Gasteiger partial charge in [-0.2, -0.15) is 0 Å². The van der Waals surface area contributed by atoms with Crippen molar-refractivity contribution in [3.63, 3.8) is 0 Å². The van der Waals surface area contributed by atoms with E-state index in [2.05, 4.69) is 20.3 Å². The largest absolute Gasteiger partial charge is 0.491 e. The summed E-state index contributed by atoms with van der Waals surface area (Å²) in [5, 5.41) is 5.44. The first-order valence-electron chi connectivity index (χ1n) is 19.8. The van der Waals surface area contributed by atoms with E-state index in [-0.39, 0.29) is 43.5 Å². The van der Waals surface area contributed by atoms with Gasteiger partial charge in [0.25, 0.3) is 11.8 Å². The van der Waals surface area contributed by atoms with Crippen LogP contribution in [0, 0.1) is 23.6 Å². The summed E-state index contributed by atoms with van der Waals surface area (Å²) in [4.78, 5) is 61.8. The van der Waals surface area contributed by atoms with Crippen LogP contribution >= 0.6 is 0 Å². The van der Waals surface area contributed by atoms with Crippen LogP contribution in [0.3, 0.4) is 0 Å². The molecule has 2 aromatic rings. The zero-order chi connectivity index (χ0) is 42.4. The number of fused-ring (bicyclic) bond motifs is 3. The molecule has 0 radical (unpaired) electrons. The van der Waals surface area contributed by atoms with Gasteiger partial charge in [0.15, 0.2) is 17.2 Å². The smallest absolute Gasteiger partial charge is 0.408 e. The van der Waals surface area contributed by atoms with Gasteiger partial charge in [0.1, 0.15) is 23.7 Å². The fourth-order valence-corrected chi connectivity index (χ4v) is 9.00. The number of hydrogen-bond donors (Lipinski definition) is 3. The monoisotopic (exact) mass is 835 g/mol. The highest BCUT2D eigenvalue weighted by Gasteiger charge is 2.62. The summed E-state index contributed by atoms with van der Waals surface area (Å²) in [6, 6.07) is 1.67. The molecule has 14 nitrogen and oxygen atoms in total. The van der Waals surface area contributed by atoms with E-state index in [4.69, 9.17) is 14.2 Å². The molecule has 18 heteroatoms. The molecule has 318 valence electrons. The van der Waals surface area contributed by atoms with E-state index >= 15 is 4.39 Å². The van der Waals surface area contributed by atoms with Crippen LogP contribution in [0.4, 0.5) is 18.0 Å². The van der Waals surface area contributed by atoms with Gasteiger partial charge in [-0.3, -0.25) is 19.1 Å². The summed E-state index contributed by atoms with van der Waals surface area (Å²) in [5.41, 5.74) is -3.87. The Hall–Kier alpha value is -4.61. The fraction of sp³-hybridized carbons (Fsp3) is 0.625. The Kier molecular flexibility index (Phi) is 12.0. The lowest BCUT2D eigenvalue weighted by Gasteiger charge is -2.35. The number of nitrogens with one attached hydrogen (secondary N) is 3. The van der Waals surface area contributed by atoms with Crippen LogP contribution in [0.25, 0.3) is 10.8 Å². The summed E-state index contributed by atoms with van der Waals surface area (Å²) in [7, 11) is -3.98. The Morgan fingerprint density at radius 3 is 2.50 bits per heavy atom. The van der Waals surface area contributed by atoms with Crippen LogP contribution in [0.15, 0.2) is 36.5 Å². The molecule has 4 amide bonds. The lowest BCUT2D eigenvalue weighted by molar-refractivity contribution is -0.152. The van der Waals surface area contributed by atoms with Crippen molar-refractivity contribution >= 4 is 44.6 Å². The van der Waals surface area contributed by atoms with Gasteiger partial charge in [0.05, 0.1) is 18.4 Å². The molecule has 0 bridgehead atoms. The molecule has 7 unspecified atom stereocenters. The Morgan fingerprint density at radius 1 is 1.10 bits per heavy atom. The average molecular weight is 836 g/mol. The van der Waals surface area contributed by atoms with Crippen molar-refractivity contribution in [3.8, 4) is 11.6 Å². The number of amides is 4. The van der Waals surface area contributed by atoms with Crippen molar-refractivity contribution in [2.24, 2.45) is 17.8 Å². The first-order chi connectivity index (χ1) is 27.2. The molecule has 6 rings (SSSR count). The van der Waals surface area contributed by atoms with Crippen molar-refractivity contribution in [1.82, 2.24) is 25.2 Å². The zero-order valence-corrected chi connectivity index (χ0v) is 34.3. The molecule has 58 heavy (non-hydrogen) atoms. The fourth-order valence-electron chi connectivity index (χ4n) is 7.64. The topological polar surface area (TPSA) is 182 Å². The minimum Gasteiger partial charge on any atom is -0.491 e. The van der Waals surface area contributed by atoms with E-state index in [0.29, 0.717) is 49.8 Å². The molecule has 2 saturated carbocycles. The molecule has 3 N–H and O–H groups in total. The van der Waals surface area contributed by atoms with Crippen molar-refractivity contribution in [2.45, 2.75) is 127 Å². The number of carbonyl (C=O) groups excluding carboxylic acids is 4. The van der Waals surface area contributed by atoms with Crippen LogP contribution in [0.2, 0.25) is 0 Å². The summed E-state index contributed by atoms with van der Waals surface area (Å²) >= 11 is 0. The van der Waals surface area contributed by atoms with Gasteiger partial charge in [-0.25, -0.2) is 31.4 Å². The minimum absolute atomic E-state index is 0.00320. The van der Waals surface area contributed by atoms with Crippen molar-refractivity contribution in [2.75, 3.05) is 13.2 Å². The van der Waals surface area contributed by atoms with E-state index in [0.717, 1.165) is 13.8 Å². The number of nitrogens with zero attached hydrogens (tertiary/aromatic N) is 2. The quantitative estimate of drug-likeness (QED) is 0.271. The normalized spacial score (nSPS) is 28.3. The lowest BCUT2D eigenvalue weighted by Crippen LogP contribution is -2.59. The van der Waals surface area contributed by atoms with Crippen LogP contribution in [0.5, 0.6) is 11.6 Å². The number of ether oxygens (including phenoxy) is 3. The van der Waals surface area contributed by atoms with Crippen molar-refractivity contribution in [3.05, 3.63) is 42.4 Å². The molecule has 2 aliphatic heterocycles. The summed E-state index contributed by atoms with van der Waals surface area (Å²) in [6.07, 6.45) is 5.32. The maximum absolute atomic E-state index is 15.1. The van der Waals surface area contributed by atoms with Gasteiger partial charge >= 0.3 is 6.09 Å². The van der Waals surface area contributed by atoms with Gasteiger partial charge in [0, 0.05) is 30.8 Å². The minimum atomic E-state index is -3.98. The number of allylic oxidation sites excluding steroid dienone is 1. The van der Waals surface area contributed by atoms with Crippen molar-refractivity contribution < 1.29 is 55.0 Å². The zero-order valence-electron chi connectivity index (χ0n) is 33.5. The summed E-state index contributed by atoms with van der Waals surface area (Å²) in [5.74, 6) is -7.58. The molecule has 2 aliphatic carbocycles. The number of alkyl halides is 2. The molecule has 1 aromatic carbocycles. The maximum atomic E-state index is 15.1. The summed E-state index contributed by atoms with van der Waals surface area (Å²) in [6.45, 7) is 8.11. The standard InChI is InChI=1S/C40H52F3N5O9S/c1-7-55-31-17-24-14-15-44-34(28(24)19-29(31)41)56-26-18-30-33(49)46-40(36(51)47-58(53,54)27-12-13-27)20-25(40)11-9-8-10-22(2)16-23(3)32(35(50)48(30)21-26)45-37(52)57-38(4,5)39(6,42)43/h9,11,14-15,17,19,22-23,25-27,30,32H,7-8,10,12-13,16,18,20-21H2,1-6H3,(H,45,52)(H,46,49)(H,47,51). The number of carbonyl (C=O) groups is 4. The number of sulfonamides is 1. The number of aromatic nitrogens is 1. The molecule has 0 spiro atoms. The number of alkyl carbamates (subject to hydrolysis) is 1. The maximum Gasteiger partial charge on any atom is 0.408 e. The number of halogens is 3.